The molecule has 1 heterocycles. The fraction of sp³-hybridized carbons (Fsp3) is 0.409. The van der Waals surface area contributed by atoms with Crippen molar-refractivity contribution in [2.45, 2.75) is 40.7 Å². The number of nitro groups is 1. The standard InChI is InChI=1S/C18H18N2O5.2C2H6/c1-24-16-6-4-13(10-17(16)25-2)18(21)19-8-7-12-3-5-15(20(22)23)9-14(12)11-19;2*1-2/h3-6,9-10H,7-8,11H2,1-2H3;2*1-2H3. The van der Waals surface area contributed by atoms with Gasteiger partial charge in [-0.3, -0.25) is 14.9 Å². The minimum absolute atomic E-state index is 0.0409. The molecule has 0 fully saturated rings. The normalized spacial score (nSPS) is 11.7. The van der Waals surface area contributed by atoms with Gasteiger partial charge in [-0.15, -0.1) is 0 Å². The van der Waals surface area contributed by atoms with Crippen LogP contribution in [-0.2, 0) is 13.0 Å². The molecule has 0 aliphatic carbocycles. The highest BCUT2D eigenvalue weighted by Crippen LogP contribution is 2.29. The van der Waals surface area contributed by atoms with Crippen LogP contribution in [0, 0.1) is 10.1 Å². The summed E-state index contributed by atoms with van der Waals surface area (Å²) in [6, 6.07) is 9.84. The van der Waals surface area contributed by atoms with Gasteiger partial charge in [-0.25, -0.2) is 0 Å². The van der Waals surface area contributed by atoms with Crippen LogP contribution in [0.25, 0.3) is 0 Å². The summed E-state index contributed by atoms with van der Waals surface area (Å²) in [6.07, 6.45) is 0.673. The van der Waals surface area contributed by atoms with Gasteiger partial charge in [0.05, 0.1) is 19.1 Å². The zero-order chi connectivity index (χ0) is 22.0. The number of nitro benzene ring substituents is 1. The Balaban J connectivity index is 0.000000989. The van der Waals surface area contributed by atoms with E-state index in [2.05, 4.69) is 0 Å². The van der Waals surface area contributed by atoms with E-state index >= 15 is 0 Å². The van der Waals surface area contributed by atoms with Crippen LogP contribution in [0.2, 0.25) is 0 Å². The van der Waals surface area contributed by atoms with Crippen LogP contribution in [0.4, 0.5) is 5.69 Å². The van der Waals surface area contributed by atoms with Gasteiger partial charge in [0, 0.05) is 30.8 Å². The lowest BCUT2D eigenvalue weighted by molar-refractivity contribution is -0.385. The lowest BCUT2D eigenvalue weighted by Gasteiger charge is -2.29. The molecule has 7 heteroatoms. The van der Waals surface area contributed by atoms with E-state index in [0.717, 1.165) is 11.1 Å². The lowest BCUT2D eigenvalue weighted by atomic mass is 9.98. The average Bonchev–Trinajstić information content (AvgIpc) is 2.79. The second-order valence-electron chi connectivity index (χ2n) is 5.76. The van der Waals surface area contributed by atoms with Gasteiger partial charge in [0.25, 0.3) is 11.6 Å². The first-order valence-corrected chi connectivity index (χ1v) is 9.81. The lowest BCUT2D eigenvalue weighted by Crippen LogP contribution is -2.36. The molecule has 7 nitrogen and oxygen atoms in total. The Morgan fingerprint density at radius 3 is 2.21 bits per heavy atom. The second kappa shape index (κ2) is 11.7. The van der Waals surface area contributed by atoms with Crippen molar-refractivity contribution < 1.29 is 19.2 Å². The van der Waals surface area contributed by atoms with Crippen molar-refractivity contribution in [3.05, 3.63) is 63.2 Å². The number of hydrogen-bond donors (Lipinski definition) is 0. The van der Waals surface area contributed by atoms with Gasteiger partial charge in [-0.2, -0.15) is 0 Å². The number of carbonyl (C=O) groups excluding carboxylic acids is 1. The molecular formula is C22H30N2O5. The number of fused-ring (bicyclic) bond motifs is 1. The minimum atomic E-state index is -0.421. The molecule has 0 bridgehead atoms. The predicted octanol–water partition coefficient (Wildman–Crippen LogP) is 4.86. The van der Waals surface area contributed by atoms with E-state index in [9.17, 15) is 14.9 Å². The summed E-state index contributed by atoms with van der Waals surface area (Å²) >= 11 is 0. The number of carbonyl (C=O) groups is 1. The highest BCUT2D eigenvalue weighted by Gasteiger charge is 2.24. The number of amides is 1. The first-order chi connectivity index (χ1) is 14.0. The van der Waals surface area contributed by atoms with Crippen molar-refractivity contribution in [3.8, 4) is 11.5 Å². The third-order valence-electron chi connectivity index (χ3n) is 4.33. The molecule has 1 amide bonds. The Morgan fingerprint density at radius 1 is 0.966 bits per heavy atom. The van der Waals surface area contributed by atoms with Crippen molar-refractivity contribution in [1.82, 2.24) is 4.90 Å². The van der Waals surface area contributed by atoms with Gasteiger partial charge < -0.3 is 14.4 Å². The molecule has 0 saturated heterocycles. The molecule has 1 aliphatic rings. The van der Waals surface area contributed by atoms with Gasteiger partial charge in [0.2, 0.25) is 0 Å². The number of nitrogens with zero attached hydrogens (tertiary/aromatic N) is 2. The Kier molecular flexibility index (Phi) is 9.65. The highest BCUT2D eigenvalue weighted by molar-refractivity contribution is 5.95. The van der Waals surface area contributed by atoms with Crippen LogP contribution in [0.15, 0.2) is 36.4 Å². The maximum Gasteiger partial charge on any atom is 0.269 e. The van der Waals surface area contributed by atoms with Crippen LogP contribution in [0.3, 0.4) is 0 Å². The number of hydrogen-bond acceptors (Lipinski definition) is 5. The smallest absolute Gasteiger partial charge is 0.269 e. The predicted molar refractivity (Wildman–Crippen MR) is 114 cm³/mol. The second-order valence-corrected chi connectivity index (χ2v) is 5.76. The van der Waals surface area contributed by atoms with Gasteiger partial charge in [0.1, 0.15) is 0 Å². The summed E-state index contributed by atoms with van der Waals surface area (Å²) in [5.41, 5.74) is 2.39. The first kappa shape index (κ1) is 23.9. The summed E-state index contributed by atoms with van der Waals surface area (Å²) < 4.78 is 10.4. The van der Waals surface area contributed by atoms with Gasteiger partial charge in [0.15, 0.2) is 11.5 Å². The molecule has 0 spiro atoms. The molecule has 2 aromatic rings. The zero-order valence-electron chi connectivity index (χ0n) is 18.0. The number of non-ortho nitro benzene ring substituents is 1. The van der Waals surface area contributed by atoms with Crippen LogP contribution >= 0.6 is 0 Å². The molecule has 1 aliphatic heterocycles. The molecule has 29 heavy (non-hydrogen) atoms. The molecule has 158 valence electrons. The fourth-order valence-electron chi connectivity index (χ4n) is 2.98. The van der Waals surface area contributed by atoms with E-state index in [4.69, 9.17) is 9.47 Å². The van der Waals surface area contributed by atoms with Crippen molar-refractivity contribution in [1.29, 1.82) is 0 Å². The van der Waals surface area contributed by atoms with E-state index < -0.39 is 4.92 Å². The summed E-state index contributed by atoms with van der Waals surface area (Å²) in [7, 11) is 3.05. The van der Waals surface area contributed by atoms with E-state index in [1.807, 2.05) is 27.7 Å². The van der Waals surface area contributed by atoms with Crippen molar-refractivity contribution in [2.75, 3.05) is 20.8 Å². The van der Waals surface area contributed by atoms with E-state index in [-0.39, 0.29) is 11.6 Å². The molecule has 0 aromatic heterocycles. The van der Waals surface area contributed by atoms with E-state index in [1.165, 1.54) is 20.3 Å². The molecule has 0 atom stereocenters. The molecular weight excluding hydrogens is 372 g/mol. The third kappa shape index (κ3) is 5.70. The van der Waals surface area contributed by atoms with E-state index in [1.54, 1.807) is 35.2 Å². The summed E-state index contributed by atoms with van der Waals surface area (Å²) in [5.74, 6) is 0.901. The monoisotopic (exact) mass is 402 g/mol. The van der Waals surface area contributed by atoms with Gasteiger partial charge >= 0.3 is 0 Å². The molecule has 2 aromatic carbocycles. The van der Waals surface area contributed by atoms with Crippen molar-refractivity contribution in [2.24, 2.45) is 0 Å². The molecule has 0 saturated carbocycles. The Labute approximate surface area is 172 Å². The number of ether oxygens (including phenoxy) is 2. The van der Waals surface area contributed by atoms with E-state index in [0.29, 0.717) is 36.6 Å². The van der Waals surface area contributed by atoms with Crippen LogP contribution < -0.4 is 9.47 Å². The first-order valence-electron chi connectivity index (χ1n) is 9.81. The fourth-order valence-corrected chi connectivity index (χ4v) is 2.98. The number of rotatable bonds is 4. The van der Waals surface area contributed by atoms with Gasteiger partial charge in [-0.05, 0) is 35.7 Å². The molecule has 0 radical (unpaired) electrons. The third-order valence-corrected chi connectivity index (χ3v) is 4.33. The van der Waals surface area contributed by atoms with Gasteiger partial charge in [-0.1, -0.05) is 33.8 Å². The topological polar surface area (TPSA) is 81.9 Å². The van der Waals surface area contributed by atoms with Crippen molar-refractivity contribution in [3.63, 3.8) is 0 Å². The Morgan fingerprint density at radius 2 is 1.62 bits per heavy atom. The summed E-state index contributed by atoms with van der Waals surface area (Å²) in [4.78, 5) is 25.0. The highest BCUT2D eigenvalue weighted by atomic mass is 16.6. The molecule has 3 rings (SSSR count). The van der Waals surface area contributed by atoms with Crippen molar-refractivity contribution >= 4 is 11.6 Å². The number of methoxy groups -OCH3 is 2. The zero-order valence-corrected chi connectivity index (χ0v) is 18.0. The SMILES string of the molecule is CC.CC.COc1ccc(C(=O)N2CCc3ccc([N+](=O)[O-])cc3C2)cc1OC. The number of benzene rings is 2. The Hall–Kier alpha value is -3.09. The average molecular weight is 402 g/mol. The maximum absolute atomic E-state index is 12.8. The maximum atomic E-state index is 12.8. The Bertz CT molecular complexity index is 836. The quantitative estimate of drug-likeness (QED) is 0.539. The summed E-state index contributed by atoms with van der Waals surface area (Å²) in [6.45, 7) is 8.92. The van der Waals surface area contributed by atoms with Crippen LogP contribution in [-0.4, -0.2) is 36.5 Å². The largest absolute Gasteiger partial charge is 0.493 e. The van der Waals surface area contributed by atoms with Crippen LogP contribution in [0.5, 0.6) is 11.5 Å². The molecule has 0 unspecified atom stereocenters. The minimum Gasteiger partial charge on any atom is -0.493 e. The van der Waals surface area contributed by atoms with Crippen LogP contribution in [0.1, 0.15) is 49.2 Å². The molecule has 0 N–H and O–H groups in total. The summed E-state index contributed by atoms with van der Waals surface area (Å²) in [5, 5.41) is 11.0.